The van der Waals surface area contributed by atoms with Crippen LogP contribution in [-0.4, -0.2) is 33.3 Å². The van der Waals surface area contributed by atoms with Gasteiger partial charge in [0.1, 0.15) is 0 Å². The fourth-order valence-electron chi connectivity index (χ4n) is 2.70. The number of benzene rings is 1. The Morgan fingerprint density at radius 2 is 1.74 bits per heavy atom. The van der Waals surface area contributed by atoms with E-state index in [1.807, 2.05) is 0 Å². The van der Waals surface area contributed by atoms with Gasteiger partial charge in [-0.2, -0.15) is 0 Å². The molecule has 0 heterocycles. The van der Waals surface area contributed by atoms with Crippen molar-refractivity contribution in [2.45, 2.75) is 42.2 Å². The molecule has 1 aliphatic rings. The van der Waals surface area contributed by atoms with E-state index in [9.17, 15) is 26.9 Å². The summed E-state index contributed by atoms with van der Waals surface area (Å²) in [6.45, 7) is 0. The van der Waals surface area contributed by atoms with Crippen LogP contribution in [0.3, 0.4) is 0 Å². The monoisotopic (exact) mass is 362 g/mol. The Bertz CT molecular complexity index is 811. The molecule has 10 heteroatoms. The summed E-state index contributed by atoms with van der Waals surface area (Å²) >= 11 is 0. The normalized spacial score (nSPS) is 16.9. The lowest BCUT2D eigenvalue weighted by molar-refractivity contribution is -0.385. The minimum Gasteiger partial charge on any atom is -0.282 e. The number of nitrogens with one attached hydrogen (secondary N) is 1. The van der Waals surface area contributed by atoms with E-state index in [0.717, 1.165) is 43.7 Å². The van der Waals surface area contributed by atoms with Crippen LogP contribution in [0.25, 0.3) is 0 Å². The van der Waals surface area contributed by atoms with E-state index in [1.165, 1.54) is 0 Å². The smallest absolute Gasteiger partial charge is 0.270 e. The van der Waals surface area contributed by atoms with Gasteiger partial charge < -0.3 is 0 Å². The topological polar surface area (TPSA) is 123 Å². The molecule has 0 unspecified atom stereocenters. The lowest BCUT2D eigenvalue weighted by Crippen LogP contribution is -2.25. The quantitative estimate of drug-likeness (QED) is 0.632. The highest BCUT2D eigenvalue weighted by atomic mass is 32.2. The number of anilines is 1. The number of sulfonamides is 1. The molecule has 0 radical (unpaired) electrons. The Balaban J connectivity index is 2.56. The standard InChI is InChI=1S/C13H18N2O6S2/c1-22(18,19)14-12-8-7-10(15(16)17)9-13(12)23(20,21)11-5-3-2-4-6-11/h7-9,11,14H,2-6H2,1H3. The summed E-state index contributed by atoms with van der Waals surface area (Å²) in [5, 5.41) is 10.3. The molecule has 1 fully saturated rings. The van der Waals surface area contributed by atoms with Gasteiger partial charge in [0.05, 0.1) is 27.0 Å². The van der Waals surface area contributed by atoms with E-state index in [-0.39, 0.29) is 10.6 Å². The van der Waals surface area contributed by atoms with Gasteiger partial charge in [-0.25, -0.2) is 16.8 Å². The Labute approximate surface area is 135 Å². The lowest BCUT2D eigenvalue weighted by atomic mass is 10.0. The number of sulfone groups is 1. The van der Waals surface area contributed by atoms with Crippen molar-refractivity contribution in [2.24, 2.45) is 0 Å². The molecule has 23 heavy (non-hydrogen) atoms. The molecule has 1 N–H and O–H groups in total. The number of nitrogens with zero attached hydrogens (tertiary/aromatic N) is 1. The van der Waals surface area contributed by atoms with Crippen molar-refractivity contribution in [3.63, 3.8) is 0 Å². The Kier molecular flexibility index (Phi) is 4.95. The molecule has 1 saturated carbocycles. The number of rotatable bonds is 5. The summed E-state index contributed by atoms with van der Waals surface area (Å²) in [6.07, 6.45) is 4.34. The number of nitro benzene ring substituents is 1. The number of hydrogen-bond acceptors (Lipinski definition) is 6. The van der Waals surface area contributed by atoms with Crippen LogP contribution in [-0.2, 0) is 19.9 Å². The van der Waals surface area contributed by atoms with Crippen LogP contribution in [0.2, 0.25) is 0 Å². The van der Waals surface area contributed by atoms with Gasteiger partial charge in [0.25, 0.3) is 5.69 Å². The van der Waals surface area contributed by atoms with Crippen molar-refractivity contribution in [3.05, 3.63) is 28.3 Å². The highest BCUT2D eigenvalue weighted by Gasteiger charge is 2.32. The first-order chi connectivity index (χ1) is 10.6. The first-order valence-electron chi connectivity index (χ1n) is 7.11. The van der Waals surface area contributed by atoms with Crippen LogP contribution < -0.4 is 4.72 Å². The maximum absolute atomic E-state index is 12.8. The van der Waals surface area contributed by atoms with Crippen LogP contribution in [0.1, 0.15) is 32.1 Å². The zero-order chi connectivity index (χ0) is 17.3. The molecule has 0 aliphatic heterocycles. The van der Waals surface area contributed by atoms with Gasteiger partial charge >= 0.3 is 0 Å². The first kappa shape index (κ1) is 17.7. The van der Waals surface area contributed by atoms with Crippen molar-refractivity contribution in [1.29, 1.82) is 0 Å². The number of non-ortho nitro benzene ring substituents is 1. The van der Waals surface area contributed by atoms with Crippen LogP contribution in [0.15, 0.2) is 23.1 Å². The molecule has 0 amide bonds. The summed E-state index contributed by atoms with van der Waals surface area (Å²) in [5.74, 6) is 0. The average molecular weight is 362 g/mol. The molecule has 0 spiro atoms. The molecule has 1 aliphatic carbocycles. The van der Waals surface area contributed by atoms with Gasteiger partial charge in [0.15, 0.2) is 9.84 Å². The van der Waals surface area contributed by atoms with Gasteiger partial charge in [0.2, 0.25) is 10.0 Å². The molecular weight excluding hydrogens is 344 g/mol. The molecule has 0 atom stereocenters. The molecule has 2 rings (SSSR count). The molecule has 1 aromatic carbocycles. The predicted octanol–water partition coefficient (Wildman–Crippen LogP) is 2.07. The minimum absolute atomic E-state index is 0.149. The number of hydrogen-bond donors (Lipinski definition) is 1. The van der Waals surface area contributed by atoms with Gasteiger partial charge in [-0.3, -0.25) is 14.8 Å². The van der Waals surface area contributed by atoms with Crippen molar-refractivity contribution >= 4 is 31.2 Å². The zero-order valence-electron chi connectivity index (χ0n) is 12.6. The third-order valence-electron chi connectivity index (χ3n) is 3.77. The van der Waals surface area contributed by atoms with E-state index < -0.39 is 35.7 Å². The van der Waals surface area contributed by atoms with E-state index >= 15 is 0 Å². The highest BCUT2D eigenvalue weighted by molar-refractivity contribution is 7.93. The summed E-state index contributed by atoms with van der Waals surface area (Å²) in [6, 6.07) is 3.12. The first-order valence-corrected chi connectivity index (χ1v) is 10.5. The predicted molar refractivity (Wildman–Crippen MR) is 85.6 cm³/mol. The van der Waals surface area contributed by atoms with Gasteiger partial charge in [-0.15, -0.1) is 0 Å². The zero-order valence-corrected chi connectivity index (χ0v) is 14.2. The highest BCUT2D eigenvalue weighted by Crippen LogP contribution is 2.34. The van der Waals surface area contributed by atoms with Crippen LogP contribution in [0, 0.1) is 10.1 Å². The molecule has 1 aromatic rings. The summed E-state index contributed by atoms with van der Waals surface area (Å²) in [5.41, 5.74) is -0.540. The second kappa shape index (κ2) is 6.44. The second-order valence-electron chi connectivity index (χ2n) is 5.62. The fourth-order valence-corrected chi connectivity index (χ4v) is 5.36. The molecule has 0 saturated heterocycles. The van der Waals surface area contributed by atoms with E-state index in [0.29, 0.717) is 12.8 Å². The third-order valence-corrected chi connectivity index (χ3v) is 6.66. The lowest BCUT2D eigenvalue weighted by Gasteiger charge is -2.23. The number of nitro groups is 1. The summed E-state index contributed by atoms with van der Waals surface area (Å²) < 4.78 is 50.6. The van der Waals surface area contributed by atoms with E-state index in [2.05, 4.69) is 4.72 Å². The fraction of sp³-hybridized carbons (Fsp3) is 0.538. The average Bonchev–Trinajstić information content (AvgIpc) is 2.46. The second-order valence-corrected chi connectivity index (χ2v) is 9.56. The SMILES string of the molecule is CS(=O)(=O)Nc1ccc([N+](=O)[O-])cc1S(=O)(=O)C1CCCCC1. The van der Waals surface area contributed by atoms with Gasteiger partial charge in [-0.1, -0.05) is 19.3 Å². The minimum atomic E-state index is -3.85. The van der Waals surface area contributed by atoms with Crippen molar-refractivity contribution in [2.75, 3.05) is 11.0 Å². The Hall–Kier alpha value is -1.68. The third kappa shape index (κ3) is 4.20. The molecule has 0 aromatic heterocycles. The van der Waals surface area contributed by atoms with Crippen LogP contribution >= 0.6 is 0 Å². The van der Waals surface area contributed by atoms with Crippen molar-refractivity contribution in [1.82, 2.24) is 0 Å². The Morgan fingerprint density at radius 3 is 2.26 bits per heavy atom. The van der Waals surface area contributed by atoms with E-state index in [4.69, 9.17) is 0 Å². The maximum atomic E-state index is 12.8. The molecule has 128 valence electrons. The Morgan fingerprint density at radius 1 is 1.13 bits per heavy atom. The molecule has 0 bridgehead atoms. The van der Waals surface area contributed by atoms with Gasteiger partial charge in [-0.05, 0) is 18.9 Å². The van der Waals surface area contributed by atoms with E-state index in [1.54, 1.807) is 0 Å². The maximum Gasteiger partial charge on any atom is 0.270 e. The largest absolute Gasteiger partial charge is 0.282 e. The van der Waals surface area contributed by atoms with Crippen molar-refractivity contribution < 1.29 is 21.8 Å². The molecular formula is C13H18N2O6S2. The summed E-state index contributed by atoms with van der Waals surface area (Å²) in [4.78, 5) is 9.89. The van der Waals surface area contributed by atoms with Crippen LogP contribution in [0.5, 0.6) is 0 Å². The summed E-state index contributed by atoms with van der Waals surface area (Å²) in [7, 11) is -7.56. The van der Waals surface area contributed by atoms with Gasteiger partial charge in [0, 0.05) is 12.1 Å². The van der Waals surface area contributed by atoms with Crippen LogP contribution in [0.4, 0.5) is 11.4 Å². The van der Waals surface area contributed by atoms with Crippen molar-refractivity contribution in [3.8, 4) is 0 Å². The molecule has 8 nitrogen and oxygen atoms in total.